The van der Waals surface area contributed by atoms with E-state index in [0.717, 1.165) is 19.6 Å². The lowest BCUT2D eigenvalue weighted by Crippen LogP contribution is -2.65. The molecule has 1 atom stereocenters. The van der Waals surface area contributed by atoms with Crippen molar-refractivity contribution >= 4 is 33.5 Å². The summed E-state index contributed by atoms with van der Waals surface area (Å²) in [6.07, 6.45) is 2.25. The minimum Gasteiger partial charge on any atom is -0.345 e. The Morgan fingerprint density at radius 1 is 0.818 bits per heavy atom. The molecule has 2 aliphatic heterocycles. The van der Waals surface area contributed by atoms with E-state index in [1.165, 1.54) is 32.8 Å². The van der Waals surface area contributed by atoms with Crippen LogP contribution >= 0.6 is 0 Å². The second kappa shape index (κ2) is 8.05. The molecule has 6 rings (SSSR count). The van der Waals surface area contributed by atoms with E-state index in [1.807, 2.05) is 0 Å². The van der Waals surface area contributed by atoms with Crippen LogP contribution in [0.2, 0.25) is 0 Å². The smallest absolute Gasteiger partial charge is 0.244 e. The van der Waals surface area contributed by atoms with E-state index < -0.39 is 0 Å². The molecule has 1 aromatic heterocycles. The van der Waals surface area contributed by atoms with E-state index in [2.05, 4.69) is 87.7 Å². The first-order valence-electron chi connectivity index (χ1n) is 11.5. The molecule has 1 N–H and O–H groups in total. The number of carbonyl (C=O) groups excluding carboxylic acids is 2. The van der Waals surface area contributed by atoms with Gasteiger partial charge in [0.15, 0.2) is 0 Å². The standard InChI is InChI=1S/C27H26N4O2/c32-26-14-28-27(33)25-18-29(12-13-31(25)26)15-21-17-30(24-11-4-3-10-23(21)24)16-20-8-5-7-19-6-1-2-9-22(19)20/h1-11,17,25H,12-16,18H2,(H,28,33). The molecule has 1 unspecified atom stereocenters. The summed E-state index contributed by atoms with van der Waals surface area (Å²) in [7, 11) is 0. The molecule has 6 nitrogen and oxygen atoms in total. The van der Waals surface area contributed by atoms with Crippen LogP contribution in [-0.2, 0) is 22.7 Å². The van der Waals surface area contributed by atoms with Gasteiger partial charge in [0, 0.05) is 49.8 Å². The highest BCUT2D eigenvalue weighted by molar-refractivity contribution is 5.95. The van der Waals surface area contributed by atoms with Crippen molar-refractivity contribution in [1.29, 1.82) is 0 Å². The summed E-state index contributed by atoms with van der Waals surface area (Å²) in [5, 5.41) is 6.51. The van der Waals surface area contributed by atoms with Gasteiger partial charge >= 0.3 is 0 Å². The molecule has 2 saturated heterocycles. The predicted octanol–water partition coefficient (Wildman–Crippen LogP) is 2.99. The molecular weight excluding hydrogens is 412 g/mol. The largest absolute Gasteiger partial charge is 0.345 e. The van der Waals surface area contributed by atoms with Crippen LogP contribution in [0.15, 0.2) is 72.9 Å². The molecule has 33 heavy (non-hydrogen) atoms. The van der Waals surface area contributed by atoms with Crippen LogP contribution in [0.4, 0.5) is 0 Å². The van der Waals surface area contributed by atoms with E-state index in [-0.39, 0.29) is 24.4 Å². The number of nitrogens with one attached hydrogen (secondary N) is 1. The van der Waals surface area contributed by atoms with Crippen molar-refractivity contribution in [2.24, 2.45) is 0 Å². The van der Waals surface area contributed by atoms with Crippen molar-refractivity contribution in [1.82, 2.24) is 19.7 Å². The van der Waals surface area contributed by atoms with Crippen LogP contribution in [0.1, 0.15) is 11.1 Å². The van der Waals surface area contributed by atoms with Gasteiger partial charge in [-0.3, -0.25) is 14.5 Å². The van der Waals surface area contributed by atoms with Crippen LogP contribution < -0.4 is 5.32 Å². The molecule has 0 radical (unpaired) electrons. The lowest BCUT2D eigenvalue weighted by atomic mass is 10.0. The molecule has 2 amide bonds. The van der Waals surface area contributed by atoms with Crippen LogP contribution in [0.3, 0.4) is 0 Å². The Morgan fingerprint density at radius 3 is 2.52 bits per heavy atom. The van der Waals surface area contributed by atoms with Gasteiger partial charge in [-0.05, 0) is 28.0 Å². The number of nitrogens with zero attached hydrogens (tertiary/aromatic N) is 3. The first kappa shape index (κ1) is 20.0. The minimum absolute atomic E-state index is 0.0194. The Labute approximate surface area is 192 Å². The molecule has 2 fully saturated rings. The van der Waals surface area contributed by atoms with Crippen LogP contribution in [0.5, 0.6) is 0 Å². The van der Waals surface area contributed by atoms with Crippen molar-refractivity contribution in [3.05, 3.63) is 84.1 Å². The summed E-state index contributed by atoms with van der Waals surface area (Å²) < 4.78 is 2.33. The molecule has 3 heterocycles. The summed E-state index contributed by atoms with van der Waals surface area (Å²) >= 11 is 0. The SMILES string of the molecule is O=C1NCC(=O)N2CCN(Cc3cn(Cc4cccc5ccccc45)c4ccccc34)CC12. The number of rotatable bonds is 4. The van der Waals surface area contributed by atoms with Gasteiger partial charge in [-0.2, -0.15) is 0 Å². The fourth-order valence-corrected chi connectivity index (χ4v) is 5.32. The minimum atomic E-state index is -0.385. The topological polar surface area (TPSA) is 57.6 Å². The highest BCUT2D eigenvalue weighted by atomic mass is 16.2. The zero-order valence-electron chi connectivity index (χ0n) is 18.4. The van der Waals surface area contributed by atoms with Crippen LogP contribution in [0, 0.1) is 0 Å². The molecule has 0 spiro atoms. The van der Waals surface area contributed by atoms with Gasteiger partial charge in [0.1, 0.15) is 6.04 Å². The molecule has 0 saturated carbocycles. The summed E-state index contributed by atoms with van der Waals surface area (Å²) in [6, 6.07) is 23.1. The van der Waals surface area contributed by atoms with Gasteiger partial charge in [0.05, 0.1) is 6.54 Å². The maximum absolute atomic E-state index is 12.4. The number of para-hydroxylation sites is 1. The molecule has 2 aliphatic rings. The maximum Gasteiger partial charge on any atom is 0.244 e. The van der Waals surface area contributed by atoms with E-state index in [0.29, 0.717) is 13.1 Å². The van der Waals surface area contributed by atoms with Gasteiger partial charge in [-0.25, -0.2) is 0 Å². The molecule has 0 bridgehead atoms. The third-order valence-corrected chi connectivity index (χ3v) is 6.99. The third-order valence-electron chi connectivity index (χ3n) is 6.99. The van der Waals surface area contributed by atoms with Gasteiger partial charge < -0.3 is 14.8 Å². The molecule has 4 aromatic rings. The average Bonchev–Trinajstić information content (AvgIpc) is 3.19. The molecular formula is C27H26N4O2. The third kappa shape index (κ3) is 3.56. The van der Waals surface area contributed by atoms with E-state index in [9.17, 15) is 9.59 Å². The van der Waals surface area contributed by atoms with E-state index in [1.54, 1.807) is 4.90 Å². The number of aromatic nitrogens is 1. The zero-order chi connectivity index (χ0) is 22.4. The Balaban J connectivity index is 1.30. The van der Waals surface area contributed by atoms with Crippen molar-refractivity contribution in [3.63, 3.8) is 0 Å². The van der Waals surface area contributed by atoms with E-state index >= 15 is 0 Å². The summed E-state index contributed by atoms with van der Waals surface area (Å²) in [5.74, 6) is -0.0244. The van der Waals surface area contributed by atoms with Crippen molar-refractivity contribution in [2.45, 2.75) is 19.1 Å². The predicted molar refractivity (Wildman–Crippen MR) is 129 cm³/mol. The molecule has 166 valence electrons. The van der Waals surface area contributed by atoms with Crippen molar-refractivity contribution < 1.29 is 9.59 Å². The van der Waals surface area contributed by atoms with Crippen LogP contribution in [-0.4, -0.2) is 58.4 Å². The van der Waals surface area contributed by atoms with Gasteiger partial charge in [-0.15, -0.1) is 0 Å². The van der Waals surface area contributed by atoms with Crippen molar-refractivity contribution in [2.75, 3.05) is 26.2 Å². The first-order valence-corrected chi connectivity index (χ1v) is 11.5. The van der Waals surface area contributed by atoms with Gasteiger partial charge in [0.2, 0.25) is 11.8 Å². The van der Waals surface area contributed by atoms with E-state index in [4.69, 9.17) is 0 Å². The lowest BCUT2D eigenvalue weighted by molar-refractivity contribution is -0.149. The fourth-order valence-electron chi connectivity index (χ4n) is 5.32. The Bertz CT molecular complexity index is 1370. The normalized spacial score (nSPS) is 19.2. The van der Waals surface area contributed by atoms with Gasteiger partial charge in [-0.1, -0.05) is 60.7 Å². The number of benzene rings is 3. The first-order chi connectivity index (χ1) is 16.2. The summed E-state index contributed by atoms with van der Waals surface area (Å²) in [6.45, 7) is 3.63. The fraction of sp³-hybridized carbons (Fsp3) is 0.259. The second-order valence-corrected chi connectivity index (χ2v) is 8.99. The number of hydrogen-bond donors (Lipinski definition) is 1. The second-order valence-electron chi connectivity index (χ2n) is 8.99. The van der Waals surface area contributed by atoms with Crippen molar-refractivity contribution in [3.8, 4) is 0 Å². The number of amides is 2. The van der Waals surface area contributed by atoms with Gasteiger partial charge in [0.25, 0.3) is 0 Å². The monoisotopic (exact) mass is 438 g/mol. The summed E-state index contributed by atoms with van der Waals surface area (Å²) in [4.78, 5) is 28.6. The maximum atomic E-state index is 12.4. The van der Waals surface area contributed by atoms with Crippen LogP contribution in [0.25, 0.3) is 21.7 Å². The highest BCUT2D eigenvalue weighted by Gasteiger charge is 2.38. The summed E-state index contributed by atoms with van der Waals surface area (Å²) in [5.41, 5.74) is 3.76. The Morgan fingerprint density at radius 2 is 1.61 bits per heavy atom. The Hall–Kier alpha value is -3.64. The molecule has 0 aliphatic carbocycles. The number of hydrogen-bond acceptors (Lipinski definition) is 3. The Kier molecular flexibility index (Phi) is 4.88. The molecule has 6 heteroatoms. The quantitative estimate of drug-likeness (QED) is 0.533. The zero-order valence-corrected chi connectivity index (χ0v) is 18.4. The number of fused-ring (bicyclic) bond motifs is 3. The lowest BCUT2D eigenvalue weighted by Gasteiger charge is -2.42. The number of piperazine rings is 2. The molecule has 3 aromatic carbocycles. The number of carbonyl (C=O) groups is 2. The average molecular weight is 439 g/mol. The highest BCUT2D eigenvalue weighted by Crippen LogP contribution is 2.27.